The van der Waals surface area contributed by atoms with E-state index in [0.717, 1.165) is 25.7 Å². The molecule has 0 aromatic heterocycles. The molecule has 0 saturated heterocycles. The number of hydrogen-bond acceptors (Lipinski definition) is 2. The highest BCUT2D eigenvalue weighted by molar-refractivity contribution is 5.72. The molecule has 0 radical (unpaired) electrons. The number of rotatable bonds is 9. The quantitative estimate of drug-likeness (QED) is 0.422. The second-order valence-corrected chi connectivity index (χ2v) is 6.00. The van der Waals surface area contributed by atoms with Gasteiger partial charge in [-0.15, -0.1) is 0 Å². The maximum atomic E-state index is 12.1. The number of carbonyl (C=O) groups excluding carboxylic acids is 1. The Morgan fingerprint density at radius 2 is 1.74 bits per heavy atom. The molecule has 1 rings (SSSR count). The largest absolute Gasteiger partial charge is 0.462 e. The Balaban J connectivity index is 2.18. The van der Waals surface area contributed by atoms with Crippen LogP contribution in [0.1, 0.15) is 90.9 Å². The van der Waals surface area contributed by atoms with Crippen LogP contribution in [-0.4, -0.2) is 12.1 Å². The Labute approximate surface area is 119 Å². The first-order chi connectivity index (χ1) is 9.27. The zero-order chi connectivity index (χ0) is 13.9. The van der Waals surface area contributed by atoms with E-state index in [9.17, 15) is 4.79 Å². The van der Waals surface area contributed by atoms with Crippen LogP contribution in [0.25, 0.3) is 0 Å². The monoisotopic (exact) mass is 268 g/mol. The van der Waals surface area contributed by atoms with Crippen LogP contribution in [0.3, 0.4) is 0 Å². The lowest BCUT2D eigenvalue weighted by molar-refractivity contribution is -0.156. The molecule has 1 atom stereocenters. The van der Waals surface area contributed by atoms with Gasteiger partial charge in [-0.3, -0.25) is 4.79 Å². The van der Waals surface area contributed by atoms with Gasteiger partial charge in [-0.2, -0.15) is 0 Å². The Hall–Kier alpha value is -0.530. The normalized spacial score (nSPS) is 18.2. The van der Waals surface area contributed by atoms with Crippen LogP contribution >= 0.6 is 0 Å². The summed E-state index contributed by atoms with van der Waals surface area (Å²) in [4.78, 5) is 12.1. The van der Waals surface area contributed by atoms with Gasteiger partial charge in [0.1, 0.15) is 6.10 Å². The molecule has 0 spiro atoms. The number of ether oxygens (including phenoxy) is 1. The summed E-state index contributed by atoms with van der Waals surface area (Å²) in [6.07, 6.45) is 14.5. The predicted octanol–water partition coefficient (Wildman–Crippen LogP) is 5.25. The molecular weight excluding hydrogens is 236 g/mol. The molecule has 2 heteroatoms. The van der Waals surface area contributed by atoms with Crippen molar-refractivity contribution in [1.29, 1.82) is 0 Å². The van der Waals surface area contributed by atoms with Crippen molar-refractivity contribution in [2.24, 2.45) is 5.92 Å². The molecule has 0 amide bonds. The number of unbranched alkanes of at least 4 members (excludes halogenated alkanes) is 4. The van der Waals surface area contributed by atoms with Gasteiger partial charge in [0.25, 0.3) is 0 Å². The molecule has 1 aliphatic carbocycles. The third-order valence-electron chi connectivity index (χ3n) is 4.32. The summed E-state index contributed by atoms with van der Waals surface area (Å²) in [6.45, 7) is 4.34. The van der Waals surface area contributed by atoms with Crippen LogP contribution < -0.4 is 0 Å². The lowest BCUT2D eigenvalue weighted by atomic mass is 9.96. The van der Waals surface area contributed by atoms with Crippen molar-refractivity contribution >= 4 is 5.97 Å². The van der Waals surface area contributed by atoms with Gasteiger partial charge in [-0.25, -0.2) is 0 Å². The topological polar surface area (TPSA) is 26.3 Å². The van der Waals surface area contributed by atoms with E-state index >= 15 is 0 Å². The lowest BCUT2D eigenvalue weighted by Gasteiger charge is -2.24. The maximum absolute atomic E-state index is 12.1. The summed E-state index contributed by atoms with van der Waals surface area (Å²) in [6, 6.07) is 0. The Morgan fingerprint density at radius 3 is 2.37 bits per heavy atom. The summed E-state index contributed by atoms with van der Waals surface area (Å²) in [5.41, 5.74) is 0. The van der Waals surface area contributed by atoms with Gasteiger partial charge >= 0.3 is 5.97 Å². The van der Waals surface area contributed by atoms with E-state index in [-0.39, 0.29) is 18.0 Å². The summed E-state index contributed by atoms with van der Waals surface area (Å²) in [5.74, 6) is 0.216. The first-order valence-electron chi connectivity index (χ1n) is 8.48. The highest BCUT2D eigenvalue weighted by Crippen LogP contribution is 2.23. The first kappa shape index (κ1) is 16.5. The molecule has 1 fully saturated rings. The summed E-state index contributed by atoms with van der Waals surface area (Å²) in [7, 11) is 0. The van der Waals surface area contributed by atoms with E-state index in [0.29, 0.717) is 0 Å². The molecule has 0 bridgehead atoms. The summed E-state index contributed by atoms with van der Waals surface area (Å²) >= 11 is 0. The van der Waals surface area contributed by atoms with E-state index in [2.05, 4.69) is 13.8 Å². The molecule has 0 N–H and O–H groups in total. The molecule has 112 valence electrons. The van der Waals surface area contributed by atoms with Crippen LogP contribution in [0.15, 0.2) is 0 Å². The van der Waals surface area contributed by atoms with E-state index in [1.54, 1.807) is 0 Å². The van der Waals surface area contributed by atoms with E-state index in [1.807, 2.05) is 0 Å². The molecule has 2 nitrogen and oxygen atoms in total. The molecule has 0 aromatic rings. The maximum Gasteiger partial charge on any atom is 0.309 e. The zero-order valence-corrected chi connectivity index (χ0v) is 13.0. The number of esters is 1. The average Bonchev–Trinajstić information content (AvgIpc) is 2.44. The van der Waals surface area contributed by atoms with Gasteiger partial charge in [0.15, 0.2) is 0 Å². The van der Waals surface area contributed by atoms with Crippen LogP contribution in [0.2, 0.25) is 0 Å². The van der Waals surface area contributed by atoms with Gasteiger partial charge in [-0.05, 0) is 38.5 Å². The molecule has 1 aliphatic rings. The van der Waals surface area contributed by atoms with Crippen molar-refractivity contribution in [2.75, 3.05) is 0 Å². The van der Waals surface area contributed by atoms with Gasteiger partial charge in [-0.1, -0.05) is 52.4 Å². The fraction of sp³-hybridized carbons (Fsp3) is 0.941. The van der Waals surface area contributed by atoms with Crippen molar-refractivity contribution < 1.29 is 9.53 Å². The minimum atomic E-state index is 0.0740. The molecule has 0 heterocycles. The average molecular weight is 268 g/mol. The summed E-state index contributed by atoms with van der Waals surface area (Å²) in [5, 5.41) is 0. The van der Waals surface area contributed by atoms with Gasteiger partial charge < -0.3 is 4.74 Å². The zero-order valence-electron chi connectivity index (χ0n) is 13.0. The smallest absolute Gasteiger partial charge is 0.309 e. The Morgan fingerprint density at radius 1 is 1.05 bits per heavy atom. The number of hydrogen-bond donors (Lipinski definition) is 0. The van der Waals surface area contributed by atoms with Crippen molar-refractivity contribution in [3.8, 4) is 0 Å². The van der Waals surface area contributed by atoms with Gasteiger partial charge in [0.2, 0.25) is 0 Å². The fourth-order valence-corrected chi connectivity index (χ4v) is 2.93. The van der Waals surface area contributed by atoms with Crippen molar-refractivity contribution in [2.45, 2.75) is 97.0 Å². The first-order valence-corrected chi connectivity index (χ1v) is 8.48. The third-order valence-corrected chi connectivity index (χ3v) is 4.32. The predicted molar refractivity (Wildman–Crippen MR) is 80.1 cm³/mol. The van der Waals surface area contributed by atoms with Crippen molar-refractivity contribution in [3.63, 3.8) is 0 Å². The molecule has 19 heavy (non-hydrogen) atoms. The minimum Gasteiger partial charge on any atom is -0.462 e. The Bertz CT molecular complexity index is 231. The van der Waals surface area contributed by atoms with Crippen molar-refractivity contribution in [3.05, 3.63) is 0 Å². The van der Waals surface area contributed by atoms with Crippen LogP contribution in [0.4, 0.5) is 0 Å². The Kier molecular flexibility index (Phi) is 8.94. The standard InChI is InChI=1S/C17H32O2/c1-3-5-6-7-9-12-15(4-2)17(18)19-16-13-10-8-11-14-16/h15-16H,3-14H2,1-2H3. The fourth-order valence-electron chi connectivity index (χ4n) is 2.93. The minimum absolute atomic E-state index is 0.0740. The SMILES string of the molecule is CCCCCCCC(CC)C(=O)OC1CCCCC1. The second kappa shape index (κ2) is 10.3. The molecular formula is C17H32O2. The van der Waals surface area contributed by atoms with E-state index in [1.165, 1.54) is 51.4 Å². The second-order valence-electron chi connectivity index (χ2n) is 6.00. The van der Waals surface area contributed by atoms with E-state index < -0.39 is 0 Å². The van der Waals surface area contributed by atoms with E-state index in [4.69, 9.17) is 4.74 Å². The van der Waals surface area contributed by atoms with Crippen LogP contribution in [0, 0.1) is 5.92 Å². The summed E-state index contributed by atoms with van der Waals surface area (Å²) < 4.78 is 5.68. The van der Waals surface area contributed by atoms with Crippen LogP contribution in [-0.2, 0) is 9.53 Å². The lowest BCUT2D eigenvalue weighted by Crippen LogP contribution is -2.25. The molecule has 0 aromatic carbocycles. The highest BCUT2D eigenvalue weighted by Gasteiger charge is 2.23. The van der Waals surface area contributed by atoms with Crippen molar-refractivity contribution in [1.82, 2.24) is 0 Å². The highest BCUT2D eigenvalue weighted by atomic mass is 16.5. The molecule has 0 aliphatic heterocycles. The van der Waals surface area contributed by atoms with Gasteiger partial charge in [0, 0.05) is 0 Å². The number of carbonyl (C=O) groups is 1. The molecule has 1 saturated carbocycles. The third kappa shape index (κ3) is 6.98. The molecule has 1 unspecified atom stereocenters. The van der Waals surface area contributed by atoms with Gasteiger partial charge in [0.05, 0.1) is 5.92 Å². The van der Waals surface area contributed by atoms with Crippen LogP contribution in [0.5, 0.6) is 0 Å².